The van der Waals surface area contributed by atoms with Gasteiger partial charge in [-0.3, -0.25) is 14.2 Å². The Morgan fingerprint density at radius 1 is 1.18 bits per heavy atom. The Morgan fingerprint density at radius 3 is 2.79 bits per heavy atom. The normalized spacial score (nSPS) is 11.2. The van der Waals surface area contributed by atoms with Crippen molar-refractivity contribution < 1.29 is 13.9 Å². The molecule has 0 bridgehead atoms. The fourth-order valence-corrected chi connectivity index (χ4v) is 3.84. The van der Waals surface area contributed by atoms with Crippen LogP contribution in [0.1, 0.15) is 21.7 Å². The number of ether oxygens (including phenoxy) is 1. The molecule has 1 amide bonds. The third-order valence-corrected chi connectivity index (χ3v) is 5.66. The lowest BCUT2D eigenvalue weighted by Gasteiger charge is -2.07. The van der Waals surface area contributed by atoms with Gasteiger partial charge in [0.25, 0.3) is 11.5 Å². The van der Waals surface area contributed by atoms with Crippen molar-refractivity contribution in [2.24, 2.45) is 0 Å². The number of para-hydroxylation sites is 1. The standard InChI is InChI=1S/C25H23N5O4/c1-16-6-8-17(9-7-16)14-29-15-27-23-19(25(29)32)13-28-30(23)11-10-26-24(31)21-12-18-4-3-5-20(33-2)22(18)34-21/h3-9,12-13,15H,10-11,14H2,1-2H3,(H,26,31). The molecule has 172 valence electrons. The highest BCUT2D eigenvalue weighted by molar-refractivity contribution is 5.97. The number of hydrogen-bond acceptors (Lipinski definition) is 6. The van der Waals surface area contributed by atoms with Gasteiger partial charge in [-0.05, 0) is 24.6 Å². The van der Waals surface area contributed by atoms with Gasteiger partial charge in [-0.2, -0.15) is 5.10 Å². The number of aromatic nitrogens is 4. The summed E-state index contributed by atoms with van der Waals surface area (Å²) in [7, 11) is 1.55. The average molecular weight is 457 g/mol. The van der Waals surface area contributed by atoms with E-state index in [1.807, 2.05) is 43.3 Å². The third-order valence-electron chi connectivity index (χ3n) is 5.66. The highest BCUT2D eigenvalue weighted by Crippen LogP contribution is 2.28. The van der Waals surface area contributed by atoms with Crippen molar-refractivity contribution in [3.63, 3.8) is 0 Å². The average Bonchev–Trinajstić information content (AvgIpc) is 3.47. The van der Waals surface area contributed by atoms with Gasteiger partial charge in [0.2, 0.25) is 0 Å². The zero-order chi connectivity index (χ0) is 23.7. The lowest BCUT2D eigenvalue weighted by Crippen LogP contribution is -2.27. The second-order valence-electron chi connectivity index (χ2n) is 8.01. The first-order valence-electron chi connectivity index (χ1n) is 10.8. The summed E-state index contributed by atoms with van der Waals surface area (Å²) in [6, 6.07) is 15.2. The van der Waals surface area contributed by atoms with Gasteiger partial charge in [0.1, 0.15) is 11.7 Å². The minimum atomic E-state index is -0.344. The van der Waals surface area contributed by atoms with Crippen LogP contribution in [0.2, 0.25) is 0 Å². The number of amides is 1. The van der Waals surface area contributed by atoms with Crippen LogP contribution >= 0.6 is 0 Å². The Bertz CT molecular complexity index is 1550. The summed E-state index contributed by atoms with van der Waals surface area (Å²) < 4.78 is 14.1. The molecule has 3 heterocycles. The molecule has 2 aromatic carbocycles. The molecule has 0 aliphatic carbocycles. The molecule has 5 rings (SSSR count). The third kappa shape index (κ3) is 4.03. The van der Waals surface area contributed by atoms with E-state index in [4.69, 9.17) is 9.15 Å². The van der Waals surface area contributed by atoms with Crippen molar-refractivity contribution in [2.75, 3.05) is 13.7 Å². The highest BCUT2D eigenvalue weighted by Gasteiger charge is 2.15. The van der Waals surface area contributed by atoms with Crippen LogP contribution < -0.4 is 15.6 Å². The minimum Gasteiger partial charge on any atom is -0.493 e. The molecule has 34 heavy (non-hydrogen) atoms. The summed E-state index contributed by atoms with van der Waals surface area (Å²) >= 11 is 0. The summed E-state index contributed by atoms with van der Waals surface area (Å²) in [5.74, 6) is 0.420. The molecule has 0 spiro atoms. The van der Waals surface area contributed by atoms with Gasteiger partial charge < -0.3 is 14.5 Å². The molecular weight excluding hydrogens is 434 g/mol. The molecule has 0 saturated carbocycles. The lowest BCUT2D eigenvalue weighted by molar-refractivity contribution is 0.0926. The van der Waals surface area contributed by atoms with Crippen molar-refractivity contribution >= 4 is 27.9 Å². The zero-order valence-corrected chi connectivity index (χ0v) is 18.8. The molecule has 0 radical (unpaired) electrons. The number of hydrogen-bond donors (Lipinski definition) is 1. The molecule has 9 nitrogen and oxygen atoms in total. The van der Waals surface area contributed by atoms with Crippen LogP contribution in [-0.2, 0) is 13.1 Å². The summed E-state index contributed by atoms with van der Waals surface area (Å²) in [6.07, 6.45) is 3.05. The summed E-state index contributed by atoms with van der Waals surface area (Å²) in [5, 5.41) is 8.33. The second-order valence-corrected chi connectivity index (χ2v) is 8.01. The lowest BCUT2D eigenvalue weighted by atomic mass is 10.1. The van der Waals surface area contributed by atoms with Crippen LogP contribution in [0.3, 0.4) is 0 Å². The molecule has 9 heteroatoms. The van der Waals surface area contributed by atoms with Gasteiger partial charge in [-0.15, -0.1) is 0 Å². The van der Waals surface area contributed by atoms with Crippen LogP contribution in [0.4, 0.5) is 0 Å². The van der Waals surface area contributed by atoms with E-state index >= 15 is 0 Å². The van der Waals surface area contributed by atoms with Crippen LogP contribution in [0, 0.1) is 6.92 Å². The Labute approximate surface area is 194 Å². The largest absolute Gasteiger partial charge is 0.493 e. The Morgan fingerprint density at radius 2 is 2.00 bits per heavy atom. The molecule has 5 aromatic rings. The number of carbonyl (C=O) groups is 1. The van der Waals surface area contributed by atoms with E-state index in [9.17, 15) is 9.59 Å². The number of fused-ring (bicyclic) bond motifs is 2. The van der Waals surface area contributed by atoms with Crippen LogP contribution in [0.25, 0.3) is 22.0 Å². The van der Waals surface area contributed by atoms with Gasteiger partial charge in [0.05, 0.1) is 26.4 Å². The Balaban J connectivity index is 1.27. The number of nitrogens with one attached hydrogen (secondary N) is 1. The van der Waals surface area contributed by atoms with E-state index in [-0.39, 0.29) is 23.8 Å². The van der Waals surface area contributed by atoms with Gasteiger partial charge in [0, 0.05) is 11.9 Å². The number of nitrogens with zero attached hydrogens (tertiary/aromatic N) is 4. The number of methoxy groups -OCH3 is 1. The van der Waals surface area contributed by atoms with Crippen molar-refractivity contribution in [3.8, 4) is 5.75 Å². The number of carbonyl (C=O) groups excluding carboxylic acids is 1. The van der Waals surface area contributed by atoms with E-state index in [0.717, 1.165) is 16.5 Å². The quantitative estimate of drug-likeness (QED) is 0.403. The SMILES string of the molecule is COc1cccc2cc(C(=O)NCCn3ncc4c(=O)n(Cc5ccc(C)cc5)cnc43)oc12. The molecule has 1 N–H and O–H groups in total. The predicted molar refractivity (Wildman–Crippen MR) is 127 cm³/mol. The fraction of sp³-hybridized carbons (Fsp3) is 0.200. The molecule has 0 saturated heterocycles. The van der Waals surface area contributed by atoms with Crippen molar-refractivity contribution in [1.82, 2.24) is 24.6 Å². The van der Waals surface area contributed by atoms with Gasteiger partial charge in [-0.25, -0.2) is 9.67 Å². The summed E-state index contributed by atoms with van der Waals surface area (Å²) in [5.41, 5.74) is 3.04. The van der Waals surface area contributed by atoms with E-state index in [0.29, 0.717) is 35.5 Å². The number of aryl methyl sites for hydroxylation is 1. The first-order chi connectivity index (χ1) is 16.5. The van der Waals surface area contributed by atoms with E-state index in [1.165, 1.54) is 12.5 Å². The predicted octanol–water partition coefficient (Wildman–Crippen LogP) is 3.13. The van der Waals surface area contributed by atoms with Gasteiger partial charge in [-0.1, -0.05) is 42.0 Å². The summed E-state index contributed by atoms with van der Waals surface area (Å²) in [6.45, 7) is 3.10. The summed E-state index contributed by atoms with van der Waals surface area (Å²) in [4.78, 5) is 29.9. The number of rotatable bonds is 7. The molecule has 0 fully saturated rings. The van der Waals surface area contributed by atoms with Crippen molar-refractivity contribution in [2.45, 2.75) is 20.0 Å². The zero-order valence-electron chi connectivity index (χ0n) is 18.8. The van der Waals surface area contributed by atoms with Crippen molar-refractivity contribution in [3.05, 3.63) is 88.3 Å². The number of furan rings is 1. The van der Waals surface area contributed by atoms with Crippen LogP contribution in [0.5, 0.6) is 5.75 Å². The minimum absolute atomic E-state index is 0.155. The van der Waals surface area contributed by atoms with Crippen molar-refractivity contribution in [1.29, 1.82) is 0 Å². The molecular formula is C25H23N5O4. The monoisotopic (exact) mass is 457 g/mol. The second kappa shape index (κ2) is 8.86. The topological polar surface area (TPSA) is 104 Å². The van der Waals surface area contributed by atoms with Gasteiger partial charge >= 0.3 is 0 Å². The van der Waals surface area contributed by atoms with E-state index in [2.05, 4.69) is 15.4 Å². The molecule has 3 aromatic heterocycles. The molecule has 0 unspecified atom stereocenters. The Hall–Kier alpha value is -4.40. The maximum Gasteiger partial charge on any atom is 0.287 e. The number of benzene rings is 2. The molecule has 0 atom stereocenters. The maximum atomic E-state index is 12.9. The fourth-order valence-electron chi connectivity index (χ4n) is 3.84. The van der Waals surface area contributed by atoms with Crippen LogP contribution in [0.15, 0.2) is 70.3 Å². The highest BCUT2D eigenvalue weighted by atomic mass is 16.5. The van der Waals surface area contributed by atoms with Crippen LogP contribution in [-0.4, -0.2) is 38.9 Å². The first-order valence-corrected chi connectivity index (χ1v) is 10.8. The first kappa shape index (κ1) is 21.4. The Kier molecular flexibility index (Phi) is 5.59. The maximum absolute atomic E-state index is 12.9. The smallest absolute Gasteiger partial charge is 0.287 e. The van der Waals surface area contributed by atoms with E-state index in [1.54, 1.807) is 28.5 Å². The van der Waals surface area contributed by atoms with E-state index < -0.39 is 0 Å². The molecule has 0 aliphatic rings. The van der Waals surface area contributed by atoms with Gasteiger partial charge in [0.15, 0.2) is 22.7 Å². The molecule has 0 aliphatic heterocycles.